The van der Waals surface area contributed by atoms with E-state index in [2.05, 4.69) is 37.1 Å². The lowest BCUT2D eigenvalue weighted by molar-refractivity contribution is 0.137. The van der Waals surface area contributed by atoms with Crippen LogP contribution in [0, 0.1) is 5.82 Å². The zero-order valence-electron chi connectivity index (χ0n) is 20.8. The van der Waals surface area contributed by atoms with Crippen molar-refractivity contribution >= 4 is 17.3 Å². The topological polar surface area (TPSA) is 64.8 Å². The van der Waals surface area contributed by atoms with Crippen LogP contribution in [0.3, 0.4) is 0 Å². The molecule has 3 aromatic heterocycles. The maximum atomic E-state index is 13.9. The normalized spacial score (nSPS) is 21.1. The highest BCUT2D eigenvalue weighted by Crippen LogP contribution is 2.35. The first-order chi connectivity index (χ1) is 18.2. The molecule has 0 bridgehead atoms. The van der Waals surface area contributed by atoms with Gasteiger partial charge < -0.3 is 15.1 Å². The van der Waals surface area contributed by atoms with Crippen molar-refractivity contribution in [2.45, 2.75) is 24.9 Å². The summed E-state index contributed by atoms with van der Waals surface area (Å²) in [5.74, 6) is 1.68. The van der Waals surface area contributed by atoms with Crippen molar-refractivity contribution in [3.05, 3.63) is 72.2 Å². The second kappa shape index (κ2) is 9.39. The predicted octanol–water partition coefficient (Wildman–Crippen LogP) is 3.37. The van der Waals surface area contributed by atoms with Gasteiger partial charge in [-0.05, 0) is 54.8 Å². The van der Waals surface area contributed by atoms with Crippen molar-refractivity contribution in [1.29, 1.82) is 0 Å². The van der Waals surface area contributed by atoms with E-state index in [-0.39, 0.29) is 11.9 Å². The van der Waals surface area contributed by atoms with E-state index in [0.29, 0.717) is 6.04 Å². The van der Waals surface area contributed by atoms with Gasteiger partial charge in [-0.2, -0.15) is 0 Å². The first-order valence-corrected chi connectivity index (χ1v) is 13.3. The van der Waals surface area contributed by atoms with Gasteiger partial charge in [-0.15, -0.1) is 5.10 Å². The number of imidazole rings is 1. The van der Waals surface area contributed by atoms with Gasteiger partial charge in [0.05, 0.1) is 17.9 Å². The number of hydrogen-bond acceptors (Lipinski definition) is 7. The molecule has 3 fully saturated rings. The SMILES string of the molecule is Fc1cccc(C2CCCN2c2ccc3ncc(-c4cccc(N5CCN(C6CNC6)CC5)n4)n3n2)c1. The number of benzene rings is 1. The molecule has 7 rings (SSSR count). The van der Waals surface area contributed by atoms with Gasteiger partial charge in [0.2, 0.25) is 0 Å². The largest absolute Gasteiger partial charge is 0.354 e. The smallest absolute Gasteiger partial charge is 0.154 e. The van der Waals surface area contributed by atoms with Gasteiger partial charge >= 0.3 is 0 Å². The molecule has 0 radical (unpaired) electrons. The molecule has 3 saturated heterocycles. The van der Waals surface area contributed by atoms with Crippen LogP contribution in [-0.4, -0.2) is 76.3 Å². The first-order valence-electron chi connectivity index (χ1n) is 13.3. The molecule has 9 heteroatoms. The molecule has 0 aliphatic carbocycles. The second-order valence-electron chi connectivity index (χ2n) is 10.2. The van der Waals surface area contributed by atoms with E-state index in [0.717, 1.165) is 92.9 Å². The summed E-state index contributed by atoms with van der Waals surface area (Å²) < 4.78 is 15.8. The molecule has 0 amide bonds. The number of halogens is 1. The monoisotopic (exact) mass is 498 g/mol. The van der Waals surface area contributed by atoms with Gasteiger partial charge in [-0.25, -0.2) is 18.9 Å². The van der Waals surface area contributed by atoms with E-state index >= 15 is 0 Å². The molecule has 1 unspecified atom stereocenters. The molecule has 1 N–H and O–H groups in total. The van der Waals surface area contributed by atoms with Gasteiger partial charge in [0.1, 0.15) is 23.1 Å². The fraction of sp³-hybridized carbons (Fsp3) is 0.393. The number of hydrogen-bond donors (Lipinski definition) is 1. The van der Waals surface area contributed by atoms with Crippen molar-refractivity contribution in [2.75, 3.05) is 55.6 Å². The quantitative estimate of drug-likeness (QED) is 0.453. The summed E-state index contributed by atoms with van der Waals surface area (Å²) in [6.45, 7) is 7.22. The minimum absolute atomic E-state index is 0.114. The minimum Gasteiger partial charge on any atom is -0.354 e. The van der Waals surface area contributed by atoms with Crippen molar-refractivity contribution in [3.63, 3.8) is 0 Å². The third-order valence-electron chi connectivity index (χ3n) is 8.04. The number of fused-ring (bicyclic) bond motifs is 1. The molecule has 8 nitrogen and oxygen atoms in total. The molecule has 3 aliphatic rings. The van der Waals surface area contributed by atoms with Gasteiger partial charge in [0.15, 0.2) is 5.65 Å². The highest BCUT2D eigenvalue weighted by atomic mass is 19.1. The Bertz CT molecular complexity index is 1410. The molecule has 0 spiro atoms. The van der Waals surface area contributed by atoms with E-state index in [4.69, 9.17) is 10.1 Å². The molecule has 4 aromatic rings. The maximum Gasteiger partial charge on any atom is 0.154 e. The van der Waals surface area contributed by atoms with Crippen LogP contribution < -0.4 is 15.1 Å². The number of pyridine rings is 1. The van der Waals surface area contributed by atoms with Crippen LogP contribution >= 0.6 is 0 Å². The van der Waals surface area contributed by atoms with Crippen molar-refractivity contribution < 1.29 is 4.39 Å². The summed E-state index contributed by atoms with van der Waals surface area (Å²) in [4.78, 5) is 16.9. The highest BCUT2D eigenvalue weighted by molar-refractivity contribution is 5.62. The first kappa shape index (κ1) is 22.6. The van der Waals surface area contributed by atoms with Crippen LogP contribution in [0.1, 0.15) is 24.4 Å². The number of anilines is 2. The minimum atomic E-state index is -0.197. The van der Waals surface area contributed by atoms with Gasteiger partial charge in [0, 0.05) is 51.9 Å². The van der Waals surface area contributed by atoms with Gasteiger partial charge in [-0.3, -0.25) is 4.90 Å². The summed E-state index contributed by atoms with van der Waals surface area (Å²) in [7, 11) is 0. The molecule has 0 saturated carbocycles. The van der Waals surface area contributed by atoms with Crippen LogP contribution in [-0.2, 0) is 0 Å². The van der Waals surface area contributed by atoms with E-state index < -0.39 is 0 Å². The van der Waals surface area contributed by atoms with Crippen LogP contribution in [0.15, 0.2) is 60.8 Å². The molecule has 1 atom stereocenters. The third kappa shape index (κ3) is 4.22. The fourth-order valence-corrected chi connectivity index (χ4v) is 5.88. The number of aromatic nitrogens is 4. The van der Waals surface area contributed by atoms with E-state index in [9.17, 15) is 4.39 Å². The van der Waals surface area contributed by atoms with Crippen LogP contribution in [0.2, 0.25) is 0 Å². The molecule has 3 aliphatic heterocycles. The fourth-order valence-electron chi connectivity index (χ4n) is 5.88. The standard InChI is InChI=1S/C28H31FN8/c29-21-5-1-4-20(16-21)24-7-3-11-36(24)28-10-9-26-31-19-25(37(26)33-28)23-6-2-8-27(32-23)35-14-12-34(13-15-35)22-17-30-18-22/h1-2,4-6,8-10,16,19,22,24,30H,3,7,11-15,17-18H2. The number of piperazine rings is 1. The summed E-state index contributed by atoms with van der Waals surface area (Å²) in [6, 6.07) is 18.0. The lowest BCUT2D eigenvalue weighted by Gasteiger charge is -2.43. The zero-order valence-corrected chi connectivity index (χ0v) is 20.8. The van der Waals surface area contributed by atoms with Crippen molar-refractivity contribution in [2.24, 2.45) is 0 Å². The average molecular weight is 499 g/mol. The summed E-state index contributed by atoms with van der Waals surface area (Å²) in [5.41, 5.74) is 3.52. The third-order valence-corrected chi connectivity index (χ3v) is 8.04. The summed E-state index contributed by atoms with van der Waals surface area (Å²) in [6.07, 6.45) is 3.88. The Morgan fingerprint density at radius 1 is 0.892 bits per heavy atom. The van der Waals surface area contributed by atoms with Crippen LogP contribution in [0.5, 0.6) is 0 Å². The van der Waals surface area contributed by atoms with E-state index in [1.54, 1.807) is 12.1 Å². The maximum absolute atomic E-state index is 13.9. The average Bonchev–Trinajstić information content (AvgIpc) is 3.55. The molecule has 1 aromatic carbocycles. The number of nitrogens with one attached hydrogen (secondary N) is 1. The molecule has 190 valence electrons. The van der Waals surface area contributed by atoms with Crippen molar-refractivity contribution in [3.8, 4) is 11.4 Å². The summed E-state index contributed by atoms with van der Waals surface area (Å²) >= 11 is 0. The zero-order chi connectivity index (χ0) is 24.8. The number of nitrogens with zero attached hydrogens (tertiary/aromatic N) is 7. The van der Waals surface area contributed by atoms with Crippen LogP contribution in [0.25, 0.3) is 17.0 Å². The lowest BCUT2D eigenvalue weighted by Crippen LogP contribution is -2.61. The molecule has 37 heavy (non-hydrogen) atoms. The Morgan fingerprint density at radius 3 is 2.57 bits per heavy atom. The Morgan fingerprint density at radius 2 is 1.76 bits per heavy atom. The Kier molecular flexibility index (Phi) is 5.74. The number of rotatable bonds is 5. The van der Waals surface area contributed by atoms with E-state index in [1.165, 1.54) is 6.07 Å². The Balaban J connectivity index is 1.16. The van der Waals surface area contributed by atoms with Gasteiger partial charge in [0.25, 0.3) is 0 Å². The Labute approximate surface area is 215 Å². The Hall–Kier alpha value is -3.56. The second-order valence-corrected chi connectivity index (χ2v) is 10.2. The summed E-state index contributed by atoms with van der Waals surface area (Å²) in [5, 5.41) is 8.37. The predicted molar refractivity (Wildman–Crippen MR) is 142 cm³/mol. The molecular weight excluding hydrogens is 467 g/mol. The van der Waals surface area contributed by atoms with Crippen molar-refractivity contribution in [1.82, 2.24) is 29.8 Å². The van der Waals surface area contributed by atoms with Gasteiger partial charge in [-0.1, -0.05) is 18.2 Å². The lowest BCUT2D eigenvalue weighted by atomic mass is 10.0. The van der Waals surface area contributed by atoms with E-state index in [1.807, 2.05) is 35.0 Å². The molecule has 6 heterocycles. The molecular formula is C28H31FN8. The highest BCUT2D eigenvalue weighted by Gasteiger charge is 2.29. The van der Waals surface area contributed by atoms with Crippen LogP contribution in [0.4, 0.5) is 16.0 Å².